The maximum atomic E-state index is 12.4. The van der Waals surface area contributed by atoms with Crippen molar-refractivity contribution in [3.63, 3.8) is 0 Å². The number of hydrogen-bond acceptors (Lipinski definition) is 3. The lowest BCUT2D eigenvalue weighted by Crippen LogP contribution is -2.49. The molecule has 0 aromatic heterocycles. The number of hydrogen-bond donors (Lipinski definition) is 0. The fourth-order valence-electron chi connectivity index (χ4n) is 2.87. The molecule has 0 aromatic rings. The van der Waals surface area contributed by atoms with E-state index in [0.29, 0.717) is 25.4 Å². The summed E-state index contributed by atoms with van der Waals surface area (Å²) in [5.74, 6) is 0.247. The van der Waals surface area contributed by atoms with Crippen molar-refractivity contribution >= 4 is 17.6 Å². The van der Waals surface area contributed by atoms with Gasteiger partial charge in [-0.05, 0) is 24.7 Å². The number of carbonyl (C=O) groups is 3. The zero-order chi connectivity index (χ0) is 15.6. The molecule has 1 aliphatic heterocycles. The third-order valence-electron chi connectivity index (χ3n) is 4.49. The van der Waals surface area contributed by atoms with Crippen molar-refractivity contribution in [1.82, 2.24) is 9.80 Å². The number of ketones is 1. The molecule has 118 valence electrons. The van der Waals surface area contributed by atoms with Gasteiger partial charge in [0.2, 0.25) is 11.7 Å². The van der Waals surface area contributed by atoms with Gasteiger partial charge in [-0.15, -0.1) is 0 Å². The molecule has 0 aromatic carbocycles. The molecule has 1 saturated heterocycles. The highest BCUT2D eigenvalue weighted by molar-refractivity contribution is 6.36. The molecule has 1 saturated carbocycles. The van der Waals surface area contributed by atoms with Crippen LogP contribution in [0.1, 0.15) is 46.5 Å². The Labute approximate surface area is 126 Å². The SMILES string of the molecule is CCC(=O)C(=O)N1CCC(=O)N(CC2CC2)[C@H](C(C)C)C1. The Morgan fingerprint density at radius 1 is 1.29 bits per heavy atom. The van der Waals surface area contributed by atoms with Gasteiger partial charge in [0.05, 0.1) is 6.04 Å². The van der Waals surface area contributed by atoms with Gasteiger partial charge in [-0.3, -0.25) is 14.4 Å². The molecule has 2 fully saturated rings. The average Bonchev–Trinajstić information content (AvgIpc) is 3.27. The summed E-state index contributed by atoms with van der Waals surface area (Å²) in [5.41, 5.74) is 0. The van der Waals surface area contributed by atoms with E-state index < -0.39 is 5.91 Å². The van der Waals surface area contributed by atoms with Crippen molar-refractivity contribution in [2.75, 3.05) is 19.6 Å². The van der Waals surface area contributed by atoms with Crippen LogP contribution in [0.15, 0.2) is 0 Å². The van der Waals surface area contributed by atoms with Crippen LogP contribution < -0.4 is 0 Å². The normalized spacial score (nSPS) is 23.4. The quantitative estimate of drug-likeness (QED) is 0.721. The lowest BCUT2D eigenvalue weighted by molar-refractivity contribution is -0.144. The molecule has 1 aliphatic carbocycles. The Kier molecular flexibility index (Phi) is 5.01. The van der Waals surface area contributed by atoms with Crippen molar-refractivity contribution in [2.45, 2.75) is 52.5 Å². The summed E-state index contributed by atoms with van der Waals surface area (Å²) >= 11 is 0. The molecule has 0 unspecified atom stereocenters. The van der Waals surface area contributed by atoms with Crippen molar-refractivity contribution in [2.24, 2.45) is 11.8 Å². The van der Waals surface area contributed by atoms with Crippen LogP contribution in [0.4, 0.5) is 0 Å². The first-order valence-corrected chi connectivity index (χ1v) is 8.05. The van der Waals surface area contributed by atoms with Gasteiger partial charge in [0.25, 0.3) is 5.91 Å². The molecule has 0 spiro atoms. The highest BCUT2D eigenvalue weighted by Crippen LogP contribution is 2.32. The smallest absolute Gasteiger partial charge is 0.290 e. The van der Waals surface area contributed by atoms with E-state index in [4.69, 9.17) is 0 Å². The summed E-state index contributed by atoms with van der Waals surface area (Å²) in [4.78, 5) is 39.8. The van der Waals surface area contributed by atoms with E-state index in [1.165, 1.54) is 12.8 Å². The summed E-state index contributed by atoms with van der Waals surface area (Å²) in [6.07, 6.45) is 2.96. The maximum Gasteiger partial charge on any atom is 0.290 e. The molecule has 0 radical (unpaired) electrons. The number of Topliss-reactive ketones (excluding diaryl/α,β-unsaturated/α-hetero) is 1. The average molecular weight is 294 g/mol. The monoisotopic (exact) mass is 294 g/mol. The molecule has 21 heavy (non-hydrogen) atoms. The molecule has 2 amide bonds. The molecule has 0 bridgehead atoms. The van der Waals surface area contributed by atoms with Crippen LogP contribution in [-0.2, 0) is 14.4 Å². The third-order valence-corrected chi connectivity index (χ3v) is 4.49. The lowest BCUT2D eigenvalue weighted by atomic mass is 10.0. The Morgan fingerprint density at radius 3 is 2.48 bits per heavy atom. The molecule has 0 N–H and O–H groups in total. The first-order chi connectivity index (χ1) is 9.93. The topological polar surface area (TPSA) is 57.7 Å². The van der Waals surface area contributed by atoms with Crippen molar-refractivity contribution in [3.05, 3.63) is 0 Å². The lowest BCUT2D eigenvalue weighted by Gasteiger charge is -2.34. The molecule has 5 nitrogen and oxygen atoms in total. The summed E-state index contributed by atoms with van der Waals surface area (Å²) in [5, 5.41) is 0. The fourth-order valence-corrected chi connectivity index (χ4v) is 2.87. The van der Waals surface area contributed by atoms with Gasteiger partial charge >= 0.3 is 0 Å². The van der Waals surface area contributed by atoms with Gasteiger partial charge in [0, 0.05) is 32.5 Å². The van der Waals surface area contributed by atoms with E-state index in [2.05, 4.69) is 13.8 Å². The summed E-state index contributed by atoms with van der Waals surface area (Å²) in [6, 6.07) is 0.0224. The van der Waals surface area contributed by atoms with Crippen LogP contribution in [0.2, 0.25) is 0 Å². The van der Waals surface area contributed by atoms with E-state index in [1.807, 2.05) is 4.90 Å². The second-order valence-corrected chi connectivity index (χ2v) is 6.58. The second kappa shape index (κ2) is 6.58. The van der Waals surface area contributed by atoms with Crippen LogP contribution >= 0.6 is 0 Å². The first kappa shape index (κ1) is 16.0. The van der Waals surface area contributed by atoms with Gasteiger partial charge in [0.15, 0.2) is 0 Å². The number of rotatable bonds is 5. The van der Waals surface area contributed by atoms with Gasteiger partial charge in [-0.1, -0.05) is 20.8 Å². The predicted octanol–water partition coefficient (Wildman–Crippen LogP) is 1.46. The predicted molar refractivity (Wildman–Crippen MR) is 79.6 cm³/mol. The molecule has 5 heteroatoms. The molecule has 1 heterocycles. The number of amides is 2. The van der Waals surface area contributed by atoms with E-state index >= 15 is 0 Å². The number of carbonyl (C=O) groups excluding carboxylic acids is 3. The third kappa shape index (κ3) is 3.83. The highest BCUT2D eigenvalue weighted by Gasteiger charge is 2.37. The number of nitrogens with zero attached hydrogens (tertiary/aromatic N) is 2. The van der Waals surface area contributed by atoms with Gasteiger partial charge in [-0.2, -0.15) is 0 Å². The van der Waals surface area contributed by atoms with Crippen molar-refractivity contribution in [3.8, 4) is 0 Å². The van der Waals surface area contributed by atoms with Crippen LogP contribution in [0.25, 0.3) is 0 Å². The summed E-state index contributed by atoms with van der Waals surface area (Å²) in [7, 11) is 0. The zero-order valence-corrected chi connectivity index (χ0v) is 13.3. The molecule has 2 rings (SSSR count). The Hall–Kier alpha value is -1.39. The minimum atomic E-state index is -0.427. The molecule has 1 atom stereocenters. The highest BCUT2D eigenvalue weighted by atomic mass is 16.2. The Morgan fingerprint density at radius 2 is 1.95 bits per heavy atom. The largest absolute Gasteiger partial charge is 0.337 e. The van der Waals surface area contributed by atoms with E-state index in [0.717, 1.165) is 6.54 Å². The van der Waals surface area contributed by atoms with E-state index in [1.54, 1.807) is 11.8 Å². The standard InChI is InChI=1S/C16H26N2O3/c1-4-14(19)16(21)17-8-7-15(20)18(9-12-5-6-12)13(10-17)11(2)3/h11-13H,4-10H2,1-3H3/t13-/m0/s1. The minimum absolute atomic E-state index is 0.0224. The Balaban J connectivity index is 2.14. The molecular formula is C16H26N2O3. The molecular weight excluding hydrogens is 268 g/mol. The second-order valence-electron chi connectivity index (χ2n) is 6.58. The van der Waals surface area contributed by atoms with Crippen LogP contribution in [-0.4, -0.2) is 53.1 Å². The van der Waals surface area contributed by atoms with Crippen molar-refractivity contribution in [1.29, 1.82) is 0 Å². The van der Waals surface area contributed by atoms with Gasteiger partial charge < -0.3 is 9.80 Å². The van der Waals surface area contributed by atoms with Gasteiger partial charge in [0.1, 0.15) is 0 Å². The first-order valence-electron chi connectivity index (χ1n) is 8.05. The van der Waals surface area contributed by atoms with Gasteiger partial charge in [-0.25, -0.2) is 0 Å². The fraction of sp³-hybridized carbons (Fsp3) is 0.812. The maximum absolute atomic E-state index is 12.4. The van der Waals surface area contributed by atoms with E-state index in [-0.39, 0.29) is 30.1 Å². The van der Waals surface area contributed by atoms with Crippen LogP contribution in [0, 0.1) is 11.8 Å². The Bertz CT molecular complexity index is 429. The van der Waals surface area contributed by atoms with Crippen LogP contribution in [0.3, 0.4) is 0 Å². The van der Waals surface area contributed by atoms with Crippen LogP contribution in [0.5, 0.6) is 0 Å². The molecule has 2 aliphatic rings. The van der Waals surface area contributed by atoms with E-state index in [9.17, 15) is 14.4 Å². The zero-order valence-electron chi connectivity index (χ0n) is 13.3. The van der Waals surface area contributed by atoms with Crippen molar-refractivity contribution < 1.29 is 14.4 Å². The summed E-state index contributed by atoms with van der Waals surface area (Å²) in [6.45, 7) is 7.52. The minimum Gasteiger partial charge on any atom is -0.337 e. The summed E-state index contributed by atoms with van der Waals surface area (Å²) < 4.78 is 0.